The second-order valence-electron chi connectivity index (χ2n) is 4.76. The Kier molecular flexibility index (Phi) is 4.61. The highest BCUT2D eigenvalue weighted by Crippen LogP contribution is 2.22. The van der Waals surface area contributed by atoms with Crippen molar-refractivity contribution >= 4 is 28.9 Å². The van der Waals surface area contributed by atoms with Crippen LogP contribution in [0.1, 0.15) is 17.3 Å². The summed E-state index contributed by atoms with van der Waals surface area (Å²) >= 11 is 11.9. The maximum atomic E-state index is 5.95. The molecule has 0 atom stereocenters. The first-order valence-electron chi connectivity index (χ1n) is 6.74. The molecule has 0 aliphatic carbocycles. The van der Waals surface area contributed by atoms with Gasteiger partial charge in [0.2, 0.25) is 11.8 Å². The van der Waals surface area contributed by atoms with Crippen molar-refractivity contribution in [1.29, 1.82) is 0 Å². The summed E-state index contributed by atoms with van der Waals surface area (Å²) in [6.45, 7) is 0.415. The van der Waals surface area contributed by atoms with E-state index in [1.807, 2.05) is 30.3 Å². The quantitative estimate of drug-likeness (QED) is 0.742. The standard InChI is InChI=1S/C16H13Cl2N3O/c17-12-7-13(18)9-14(8-12)19-10-16-21-20-15(22-16)6-11-4-2-1-3-5-11/h1-5,7-9,19H,6,10H2. The van der Waals surface area contributed by atoms with Crippen LogP contribution in [0.3, 0.4) is 0 Å². The fourth-order valence-electron chi connectivity index (χ4n) is 2.04. The summed E-state index contributed by atoms with van der Waals surface area (Å²) in [5.41, 5.74) is 1.94. The normalized spacial score (nSPS) is 10.6. The highest BCUT2D eigenvalue weighted by molar-refractivity contribution is 6.35. The molecule has 0 saturated heterocycles. The summed E-state index contributed by atoms with van der Waals surface area (Å²) < 4.78 is 5.62. The number of nitrogens with zero attached hydrogens (tertiary/aromatic N) is 2. The predicted molar refractivity (Wildman–Crippen MR) is 87.3 cm³/mol. The first kappa shape index (κ1) is 14.9. The molecule has 4 nitrogen and oxygen atoms in total. The Hall–Kier alpha value is -2.04. The van der Waals surface area contributed by atoms with Gasteiger partial charge in [-0.15, -0.1) is 10.2 Å². The molecule has 112 valence electrons. The third kappa shape index (κ3) is 4.00. The highest BCUT2D eigenvalue weighted by Gasteiger charge is 2.07. The van der Waals surface area contributed by atoms with Gasteiger partial charge in [0.05, 0.1) is 13.0 Å². The third-order valence-electron chi connectivity index (χ3n) is 3.01. The SMILES string of the molecule is Clc1cc(Cl)cc(NCc2nnc(Cc3ccccc3)o2)c1. The molecular formula is C16H13Cl2N3O. The van der Waals surface area contributed by atoms with Gasteiger partial charge in [-0.3, -0.25) is 0 Å². The van der Waals surface area contributed by atoms with Crippen molar-refractivity contribution in [3.8, 4) is 0 Å². The topological polar surface area (TPSA) is 51.0 Å². The van der Waals surface area contributed by atoms with Crippen molar-refractivity contribution in [1.82, 2.24) is 10.2 Å². The largest absolute Gasteiger partial charge is 0.423 e. The summed E-state index contributed by atoms with van der Waals surface area (Å²) in [5, 5.41) is 12.4. The monoisotopic (exact) mass is 333 g/mol. The lowest BCUT2D eigenvalue weighted by atomic mass is 10.2. The number of nitrogens with one attached hydrogen (secondary N) is 1. The van der Waals surface area contributed by atoms with E-state index >= 15 is 0 Å². The minimum absolute atomic E-state index is 0.415. The molecule has 2 aromatic carbocycles. The molecule has 0 saturated carbocycles. The van der Waals surface area contributed by atoms with Crippen molar-refractivity contribution in [3.05, 3.63) is 75.9 Å². The Morgan fingerprint density at radius 2 is 1.59 bits per heavy atom. The first-order valence-corrected chi connectivity index (χ1v) is 7.50. The molecule has 0 amide bonds. The maximum Gasteiger partial charge on any atom is 0.235 e. The second kappa shape index (κ2) is 6.81. The lowest BCUT2D eigenvalue weighted by molar-refractivity contribution is 0.464. The molecule has 3 rings (SSSR count). The highest BCUT2D eigenvalue weighted by atomic mass is 35.5. The van der Waals surface area contributed by atoms with E-state index in [0.717, 1.165) is 11.3 Å². The van der Waals surface area contributed by atoms with Gasteiger partial charge >= 0.3 is 0 Å². The van der Waals surface area contributed by atoms with E-state index in [-0.39, 0.29) is 0 Å². The van der Waals surface area contributed by atoms with Crippen molar-refractivity contribution in [2.45, 2.75) is 13.0 Å². The average Bonchev–Trinajstić information content (AvgIpc) is 2.93. The number of rotatable bonds is 5. The average molecular weight is 334 g/mol. The Morgan fingerprint density at radius 1 is 0.909 bits per heavy atom. The van der Waals surface area contributed by atoms with Crippen LogP contribution >= 0.6 is 23.2 Å². The molecule has 1 heterocycles. The van der Waals surface area contributed by atoms with Gasteiger partial charge in [-0.1, -0.05) is 53.5 Å². The molecule has 1 aromatic heterocycles. The molecule has 0 spiro atoms. The van der Waals surface area contributed by atoms with Crippen LogP contribution in [0.2, 0.25) is 10.0 Å². The number of halogens is 2. The molecule has 0 unspecified atom stereocenters. The zero-order chi connectivity index (χ0) is 15.4. The van der Waals surface area contributed by atoms with Crippen LogP contribution < -0.4 is 5.32 Å². The van der Waals surface area contributed by atoms with Gasteiger partial charge in [0, 0.05) is 15.7 Å². The summed E-state index contributed by atoms with van der Waals surface area (Å²) in [5.74, 6) is 1.11. The molecule has 0 bridgehead atoms. The number of anilines is 1. The Labute approximate surface area is 138 Å². The van der Waals surface area contributed by atoms with Crippen molar-refractivity contribution in [2.75, 3.05) is 5.32 Å². The van der Waals surface area contributed by atoms with Crippen LogP contribution in [0.25, 0.3) is 0 Å². The smallest absolute Gasteiger partial charge is 0.235 e. The van der Waals surface area contributed by atoms with Crippen molar-refractivity contribution in [3.63, 3.8) is 0 Å². The Balaban J connectivity index is 1.62. The van der Waals surface area contributed by atoms with E-state index in [9.17, 15) is 0 Å². The number of aromatic nitrogens is 2. The van der Waals surface area contributed by atoms with Crippen LogP contribution in [-0.2, 0) is 13.0 Å². The van der Waals surface area contributed by atoms with Gasteiger partial charge in [-0.05, 0) is 23.8 Å². The second-order valence-corrected chi connectivity index (χ2v) is 5.64. The molecule has 3 aromatic rings. The summed E-state index contributed by atoms with van der Waals surface area (Å²) in [6, 6.07) is 15.2. The minimum Gasteiger partial charge on any atom is -0.423 e. The Bertz CT molecular complexity index is 739. The van der Waals surface area contributed by atoms with E-state index < -0.39 is 0 Å². The molecule has 0 aliphatic heterocycles. The Morgan fingerprint density at radius 3 is 2.32 bits per heavy atom. The van der Waals surface area contributed by atoms with Crippen LogP contribution in [0, 0.1) is 0 Å². The van der Waals surface area contributed by atoms with E-state index in [2.05, 4.69) is 15.5 Å². The molecule has 0 radical (unpaired) electrons. The zero-order valence-electron chi connectivity index (χ0n) is 11.6. The van der Waals surface area contributed by atoms with Crippen LogP contribution in [0.15, 0.2) is 52.9 Å². The first-order chi connectivity index (χ1) is 10.7. The van der Waals surface area contributed by atoms with E-state index in [1.165, 1.54) is 0 Å². The van der Waals surface area contributed by atoms with Crippen molar-refractivity contribution in [2.24, 2.45) is 0 Å². The fraction of sp³-hybridized carbons (Fsp3) is 0.125. The van der Waals surface area contributed by atoms with Crippen LogP contribution in [-0.4, -0.2) is 10.2 Å². The van der Waals surface area contributed by atoms with Gasteiger partial charge in [0.15, 0.2) is 0 Å². The maximum absolute atomic E-state index is 5.95. The summed E-state index contributed by atoms with van der Waals surface area (Å²) in [6.07, 6.45) is 0.622. The lowest BCUT2D eigenvalue weighted by Crippen LogP contribution is -1.99. The van der Waals surface area contributed by atoms with Crippen molar-refractivity contribution < 1.29 is 4.42 Å². The minimum atomic E-state index is 0.415. The van der Waals surface area contributed by atoms with E-state index in [0.29, 0.717) is 34.8 Å². The number of hydrogen-bond acceptors (Lipinski definition) is 4. The predicted octanol–water partition coefficient (Wildman–Crippen LogP) is 4.58. The molecular weight excluding hydrogens is 321 g/mol. The molecule has 1 N–H and O–H groups in total. The zero-order valence-corrected chi connectivity index (χ0v) is 13.1. The van der Waals surface area contributed by atoms with Gasteiger partial charge in [0.25, 0.3) is 0 Å². The number of benzene rings is 2. The van der Waals surface area contributed by atoms with E-state index in [4.69, 9.17) is 27.6 Å². The van der Waals surface area contributed by atoms with Gasteiger partial charge < -0.3 is 9.73 Å². The molecule has 0 fully saturated rings. The van der Waals surface area contributed by atoms with Gasteiger partial charge in [0.1, 0.15) is 0 Å². The lowest BCUT2D eigenvalue weighted by Gasteiger charge is -2.04. The van der Waals surface area contributed by atoms with E-state index in [1.54, 1.807) is 18.2 Å². The molecule has 0 aliphatic rings. The van der Waals surface area contributed by atoms with Gasteiger partial charge in [-0.25, -0.2) is 0 Å². The van der Waals surface area contributed by atoms with Gasteiger partial charge in [-0.2, -0.15) is 0 Å². The van der Waals surface area contributed by atoms with Crippen LogP contribution in [0.4, 0.5) is 5.69 Å². The molecule has 6 heteroatoms. The summed E-state index contributed by atoms with van der Waals surface area (Å²) in [4.78, 5) is 0. The van der Waals surface area contributed by atoms with Crippen LogP contribution in [0.5, 0.6) is 0 Å². The third-order valence-corrected chi connectivity index (χ3v) is 3.45. The molecule has 22 heavy (non-hydrogen) atoms. The number of hydrogen-bond donors (Lipinski definition) is 1. The summed E-state index contributed by atoms with van der Waals surface area (Å²) in [7, 11) is 0. The fourth-order valence-corrected chi connectivity index (χ4v) is 2.56.